The molecule has 3 N–H and O–H groups in total. The Morgan fingerprint density at radius 3 is 2.63 bits per heavy atom. The van der Waals surface area contributed by atoms with Gasteiger partial charge in [0.1, 0.15) is 23.1 Å². The molecule has 6 heteroatoms. The van der Waals surface area contributed by atoms with Crippen LogP contribution in [0.2, 0.25) is 0 Å². The van der Waals surface area contributed by atoms with Crippen LogP contribution in [0.1, 0.15) is 18.5 Å². The molecule has 1 aromatic heterocycles. The summed E-state index contributed by atoms with van der Waals surface area (Å²) < 4.78 is 2.43. The summed E-state index contributed by atoms with van der Waals surface area (Å²) in [6.07, 6.45) is 0. The van der Waals surface area contributed by atoms with Gasteiger partial charge in [-0.15, -0.1) is 0 Å². The van der Waals surface area contributed by atoms with Crippen LogP contribution in [0.15, 0.2) is 28.7 Å². The lowest BCUT2D eigenvalue weighted by Gasteiger charge is -2.09. The minimum Gasteiger partial charge on any atom is -0.394 e. The number of benzene rings is 1. The van der Waals surface area contributed by atoms with Gasteiger partial charge in [0, 0.05) is 10.0 Å². The molecule has 0 saturated carbocycles. The summed E-state index contributed by atoms with van der Waals surface area (Å²) in [5, 5.41) is 22.8. The molecule has 0 radical (unpaired) electrons. The van der Waals surface area contributed by atoms with E-state index in [9.17, 15) is 10.4 Å². The van der Waals surface area contributed by atoms with Crippen molar-refractivity contribution in [2.75, 3.05) is 12.3 Å². The number of rotatable bonds is 3. The van der Waals surface area contributed by atoms with Gasteiger partial charge in [-0.1, -0.05) is 28.1 Å². The molecular weight excluding hydrogens is 308 g/mol. The molecule has 0 fully saturated rings. The van der Waals surface area contributed by atoms with Crippen LogP contribution in [0.3, 0.4) is 0 Å². The maximum Gasteiger partial charge on any atom is 0.140 e. The Hall–Kier alpha value is -1.84. The van der Waals surface area contributed by atoms with Crippen molar-refractivity contribution in [2.45, 2.75) is 13.0 Å². The van der Waals surface area contributed by atoms with Crippen LogP contribution in [0.5, 0.6) is 0 Å². The Labute approximate surface area is 119 Å². The van der Waals surface area contributed by atoms with E-state index in [1.807, 2.05) is 24.3 Å². The molecule has 0 aliphatic heterocycles. The second-order valence-corrected chi connectivity index (χ2v) is 5.12. The molecule has 98 valence electrons. The van der Waals surface area contributed by atoms with Crippen molar-refractivity contribution >= 4 is 21.7 Å². The molecule has 0 spiro atoms. The number of hydrogen-bond acceptors (Lipinski definition) is 4. The first-order valence-corrected chi connectivity index (χ1v) is 6.52. The van der Waals surface area contributed by atoms with E-state index in [2.05, 4.69) is 27.1 Å². The normalized spacial score (nSPS) is 12.1. The van der Waals surface area contributed by atoms with Crippen molar-refractivity contribution in [1.82, 2.24) is 9.78 Å². The number of halogens is 1. The van der Waals surface area contributed by atoms with Crippen LogP contribution >= 0.6 is 15.9 Å². The third-order valence-electron chi connectivity index (χ3n) is 2.86. The molecule has 0 saturated heterocycles. The van der Waals surface area contributed by atoms with E-state index in [-0.39, 0.29) is 18.5 Å². The van der Waals surface area contributed by atoms with Gasteiger partial charge in [0.2, 0.25) is 0 Å². The molecular formula is C13H13BrN4O. The molecule has 0 aliphatic rings. The fourth-order valence-corrected chi connectivity index (χ4v) is 2.05. The number of aliphatic hydroxyl groups is 1. The summed E-state index contributed by atoms with van der Waals surface area (Å²) in [7, 11) is 0. The highest BCUT2D eigenvalue weighted by atomic mass is 79.9. The fraction of sp³-hybridized carbons (Fsp3) is 0.231. The van der Waals surface area contributed by atoms with Crippen LogP contribution in [0, 0.1) is 11.3 Å². The summed E-state index contributed by atoms with van der Waals surface area (Å²) in [5.74, 6) is 0.280. The largest absolute Gasteiger partial charge is 0.394 e. The second kappa shape index (κ2) is 5.43. The molecule has 2 rings (SSSR count). The van der Waals surface area contributed by atoms with Gasteiger partial charge >= 0.3 is 0 Å². The molecule has 1 heterocycles. The quantitative estimate of drug-likeness (QED) is 0.908. The number of nitrogens with zero attached hydrogens (tertiary/aromatic N) is 3. The molecule has 0 aliphatic carbocycles. The Morgan fingerprint density at radius 1 is 1.47 bits per heavy atom. The predicted octanol–water partition coefficient (Wildman–Crippen LogP) is 2.32. The first-order valence-electron chi connectivity index (χ1n) is 5.73. The Kier molecular flexibility index (Phi) is 3.88. The number of anilines is 1. The molecule has 0 bridgehead atoms. The van der Waals surface area contributed by atoms with Crippen molar-refractivity contribution in [3.63, 3.8) is 0 Å². The van der Waals surface area contributed by atoms with Crippen LogP contribution in [-0.4, -0.2) is 21.5 Å². The summed E-state index contributed by atoms with van der Waals surface area (Å²) in [6.45, 7) is 1.70. The van der Waals surface area contributed by atoms with Crippen LogP contribution in [0.4, 0.5) is 5.82 Å². The average Bonchev–Trinajstić information content (AvgIpc) is 2.75. The first-order chi connectivity index (χ1) is 9.08. The fourth-order valence-electron chi connectivity index (χ4n) is 1.78. The standard InChI is InChI=1S/C13H13BrN4O/c1-8(7-19)18-13(16)11(6-15)12(17-18)9-2-4-10(14)5-3-9/h2-5,8,19H,7,16H2,1H3. The van der Waals surface area contributed by atoms with Crippen LogP contribution in [0.25, 0.3) is 11.3 Å². The molecule has 0 amide bonds. The van der Waals surface area contributed by atoms with E-state index in [4.69, 9.17) is 5.73 Å². The third kappa shape index (κ3) is 2.48. The maximum atomic E-state index is 9.23. The van der Waals surface area contributed by atoms with E-state index in [1.165, 1.54) is 4.68 Å². The molecule has 1 unspecified atom stereocenters. The Morgan fingerprint density at radius 2 is 2.11 bits per heavy atom. The van der Waals surface area contributed by atoms with Gasteiger partial charge in [-0.25, -0.2) is 4.68 Å². The number of aromatic nitrogens is 2. The van der Waals surface area contributed by atoms with Gasteiger partial charge in [-0.2, -0.15) is 10.4 Å². The molecule has 19 heavy (non-hydrogen) atoms. The highest BCUT2D eigenvalue weighted by Gasteiger charge is 2.19. The molecule has 1 atom stereocenters. The zero-order chi connectivity index (χ0) is 14.0. The first kappa shape index (κ1) is 13.6. The van der Waals surface area contributed by atoms with Gasteiger partial charge < -0.3 is 10.8 Å². The number of aliphatic hydroxyl groups excluding tert-OH is 1. The summed E-state index contributed by atoms with van der Waals surface area (Å²) in [4.78, 5) is 0. The van der Waals surface area contributed by atoms with Crippen molar-refractivity contribution in [3.05, 3.63) is 34.3 Å². The Bertz CT molecular complexity index is 627. The van der Waals surface area contributed by atoms with E-state index >= 15 is 0 Å². The SMILES string of the molecule is CC(CO)n1nc(-c2ccc(Br)cc2)c(C#N)c1N. The number of nitrogens with two attached hydrogens (primary N) is 1. The summed E-state index contributed by atoms with van der Waals surface area (Å²) in [5.41, 5.74) is 7.60. The van der Waals surface area contributed by atoms with Crippen molar-refractivity contribution in [1.29, 1.82) is 5.26 Å². The molecule has 1 aromatic carbocycles. The minimum atomic E-state index is -0.267. The van der Waals surface area contributed by atoms with Gasteiger partial charge in [0.25, 0.3) is 0 Å². The lowest BCUT2D eigenvalue weighted by Crippen LogP contribution is -2.13. The van der Waals surface area contributed by atoms with E-state index < -0.39 is 0 Å². The zero-order valence-electron chi connectivity index (χ0n) is 10.3. The lowest BCUT2D eigenvalue weighted by molar-refractivity contribution is 0.231. The minimum absolute atomic E-state index is 0.0868. The third-order valence-corrected chi connectivity index (χ3v) is 3.39. The highest BCUT2D eigenvalue weighted by molar-refractivity contribution is 9.10. The summed E-state index contributed by atoms with van der Waals surface area (Å²) in [6, 6.07) is 9.28. The topological polar surface area (TPSA) is 87.9 Å². The maximum absolute atomic E-state index is 9.23. The van der Waals surface area contributed by atoms with Gasteiger partial charge in [-0.05, 0) is 19.1 Å². The van der Waals surface area contributed by atoms with E-state index in [0.717, 1.165) is 10.0 Å². The lowest BCUT2D eigenvalue weighted by atomic mass is 10.1. The molecule has 5 nitrogen and oxygen atoms in total. The predicted molar refractivity (Wildman–Crippen MR) is 76.3 cm³/mol. The number of hydrogen-bond donors (Lipinski definition) is 2. The van der Waals surface area contributed by atoms with Crippen LogP contribution in [-0.2, 0) is 0 Å². The number of nitriles is 1. The molecule has 2 aromatic rings. The van der Waals surface area contributed by atoms with Crippen molar-refractivity contribution in [2.24, 2.45) is 0 Å². The van der Waals surface area contributed by atoms with E-state index in [1.54, 1.807) is 6.92 Å². The highest BCUT2D eigenvalue weighted by Crippen LogP contribution is 2.29. The van der Waals surface area contributed by atoms with Gasteiger partial charge in [-0.3, -0.25) is 0 Å². The monoisotopic (exact) mass is 320 g/mol. The summed E-state index contributed by atoms with van der Waals surface area (Å²) >= 11 is 3.36. The van der Waals surface area contributed by atoms with Gasteiger partial charge in [0.15, 0.2) is 0 Å². The number of nitrogen functional groups attached to an aromatic ring is 1. The zero-order valence-corrected chi connectivity index (χ0v) is 11.9. The Balaban J connectivity index is 2.58. The van der Waals surface area contributed by atoms with Gasteiger partial charge in [0.05, 0.1) is 12.6 Å². The van der Waals surface area contributed by atoms with E-state index in [0.29, 0.717) is 11.3 Å². The van der Waals surface area contributed by atoms with Crippen molar-refractivity contribution in [3.8, 4) is 17.3 Å². The van der Waals surface area contributed by atoms with Crippen LogP contribution < -0.4 is 5.73 Å². The smallest absolute Gasteiger partial charge is 0.140 e. The van der Waals surface area contributed by atoms with Crippen molar-refractivity contribution < 1.29 is 5.11 Å². The second-order valence-electron chi connectivity index (χ2n) is 4.20. The average molecular weight is 321 g/mol.